The van der Waals surface area contributed by atoms with Crippen molar-refractivity contribution < 1.29 is 14.0 Å². The monoisotopic (exact) mass is 352 g/mol. The van der Waals surface area contributed by atoms with Crippen molar-refractivity contribution in [3.05, 3.63) is 66.0 Å². The molecule has 1 unspecified atom stereocenters. The van der Waals surface area contributed by atoms with E-state index in [0.29, 0.717) is 18.7 Å². The Kier molecular flexibility index (Phi) is 4.23. The van der Waals surface area contributed by atoms with E-state index in [0.717, 1.165) is 24.9 Å². The standard InChI is InChI=1S/C21H21FN2O2/c22-16-6-4-5-15(13-16)20(26)24-11-9-21(10-12-24)14-18(21)19(25)23-17-7-2-1-3-8-17/h1-8,13,18H,9-12,14H2,(H,23,25). The predicted octanol–water partition coefficient (Wildman–Crippen LogP) is 3.71. The Morgan fingerprint density at radius 3 is 2.46 bits per heavy atom. The zero-order valence-electron chi connectivity index (χ0n) is 14.5. The fourth-order valence-corrected chi connectivity index (χ4v) is 3.98. The maximum Gasteiger partial charge on any atom is 0.253 e. The molecule has 4 nitrogen and oxygen atoms in total. The molecule has 1 atom stereocenters. The molecule has 1 spiro atoms. The number of nitrogens with zero attached hydrogens (tertiary/aromatic N) is 1. The summed E-state index contributed by atoms with van der Waals surface area (Å²) < 4.78 is 13.3. The summed E-state index contributed by atoms with van der Waals surface area (Å²) in [6, 6.07) is 15.3. The highest BCUT2D eigenvalue weighted by molar-refractivity contribution is 5.96. The molecule has 1 heterocycles. The first-order valence-electron chi connectivity index (χ1n) is 8.98. The number of benzene rings is 2. The summed E-state index contributed by atoms with van der Waals surface area (Å²) in [5.41, 5.74) is 1.23. The molecule has 2 aliphatic rings. The SMILES string of the molecule is O=C(Nc1ccccc1)C1CC12CCN(C(=O)c1cccc(F)c1)CC2. The second-order valence-electron chi connectivity index (χ2n) is 7.28. The molecule has 0 aromatic heterocycles. The number of carbonyl (C=O) groups excluding carboxylic acids is 2. The van der Waals surface area contributed by atoms with E-state index in [1.54, 1.807) is 17.0 Å². The van der Waals surface area contributed by atoms with Gasteiger partial charge in [-0.2, -0.15) is 0 Å². The van der Waals surface area contributed by atoms with Crippen molar-refractivity contribution in [3.63, 3.8) is 0 Å². The number of amides is 2. The summed E-state index contributed by atoms with van der Waals surface area (Å²) in [5.74, 6) is -0.440. The van der Waals surface area contributed by atoms with E-state index >= 15 is 0 Å². The Morgan fingerprint density at radius 1 is 1.04 bits per heavy atom. The van der Waals surface area contributed by atoms with Crippen LogP contribution < -0.4 is 5.32 Å². The summed E-state index contributed by atoms with van der Waals surface area (Å²) in [5, 5.41) is 2.98. The molecule has 2 aromatic carbocycles. The van der Waals surface area contributed by atoms with Gasteiger partial charge in [-0.05, 0) is 55.0 Å². The second kappa shape index (κ2) is 6.56. The lowest BCUT2D eigenvalue weighted by molar-refractivity contribution is -0.118. The van der Waals surface area contributed by atoms with Gasteiger partial charge in [0.25, 0.3) is 5.91 Å². The average Bonchev–Trinajstić information content (AvgIpc) is 3.36. The molecule has 1 saturated carbocycles. The fourth-order valence-electron chi connectivity index (χ4n) is 3.98. The number of rotatable bonds is 3. The van der Waals surface area contributed by atoms with Gasteiger partial charge in [-0.15, -0.1) is 0 Å². The van der Waals surface area contributed by atoms with Crippen LogP contribution in [0.2, 0.25) is 0 Å². The van der Waals surface area contributed by atoms with Crippen molar-refractivity contribution in [2.24, 2.45) is 11.3 Å². The number of hydrogen-bond donors (Lipinski definition) is 1. The van der Waals surface area contributed by atoms with Gasteiger partial charge in [0.1, 0.15) is 5.82 Å². The Hall–Kier alpha value is -2.69. The molecule has 1 aliphatic carbocycles. The predicted molar refractivity (Wildman–Crippen MR) is 97.1 cm³/mol. The first-order chi connectivity index (χ1) is 12.6. The summed E-state index contributed by atoms with van der Waals surface area (Å²) in [6.45, 7) is 1.23. The molecule has 2 amide bonds. The molecule has 5 heteroatoms. The first kappa shape index (κ1) is 16.8. The molecule has 134 valence electrons. The number of likely N-dealkylation sites (tertiary alicyclic amines) is 1. The van der Waals surface area contributed by atoms with Crippen molar-refractivity contribution >= 4 is 17.5 Å². The minimum Gasteiger partial charge on any atom is -0.339 e. The topological polar surface area (TPSA) is 49.4 Å². The number of nitrogens with one attached hydrogen (secondary N) is 1. The summed E-state index contributed by atoms with van der Waals surface area (Å²) in [4.78, 5) is 26.8. The molecular weight excluding hydrogens is 331 g/mol. The molecule has 0 radical (unpaired) electrons. The average molecular weight is 352 g/mol. The second-order valence-corrected chi connectivity index (χ2v) is 7.28. The lowest BCUT2D eigenvalue weighted by Gasteiger charge is -2.33. The molecule has 4 rings (SSSR count). The number of hydrogen-bond acceptors (Lipinski definition) is 2. The van der Waals surface area contributed by atoms with Gasteiger partial charge in [0.15, 0.2) is 0 Å². The van der Waals surface area contributed by atoms with Crippen LogP contribution in [0.4, 0.5) is 10.1 Å². The van der Waals surface area contributed by atoms with Crippen LogP contribution in [0, 0.1) is 17.2 Å². The molecule has 1 saturated heterocycles. The van der Waals surface area contributed by atoms with Crippen LogP contribution in [0.3, 0.4) is 0 Å². The van der Waals surface area contributed by atoms with Gasteiger partial charge in [0, 0.05) is 30.3 Å². The number of piperidine rings is 1. The van der Waals surface area contributed by atoms with Gasteiger partial charge in [0.2, 0.25) is 5.91 Å². The number of carbonyl (C=O) groups is 2. The van der Waals surface area contributed by atoms with Crippen LogP contribution in [-0.4, -0.2) is 29.8 Å². The van der Waals surface area contributed by atoms with Gasteiger partial charge in [-0.25, -0.2) is 4.39 Å². The van der Waals surface area contributed by atoms with E-state index in [-0.39, 0.29) is 23.1 Å². The minimum absolute atomic E-state index is 0.0223. The molecule has 0 bridgehead atoms. The Bertz CT molecular complexity index is 829. The van der Waals surface area contributed by atoms with Crippen LogP contribution in [0.1, 0.15) is 29.6 Å². The largest absolute Gasteiger partial charge is 0.339 e. The maximum atomic E-state index is 13.3. The van der Waals surface area contributed by atoms with Crippen molar-refractivity contribution in [3.8, 4) is 0 Å². The summed E-state index contributed by atoms with van der Waals surface area (Å²) >= 11 is 0. The first-order valence-corrected chi connectivity index (χ1v) is 8.98. The van der Waals surface area contributed by atoms with Crippen molar-refractivity contribution in [2.75, 3.05) is 18.4 Å². The number of halogens is 1. The highest BCUT2D eigenvalue weighted by Crippen LogP contribution is 2.59. The smallest absolute Gasteiger partial charge is 0.253 e. The van der Waals surface area contributed by atoms with Gasteiger partial charge in [-0.3, -0.25) is 9.59 Å². The van der Waals surface area contributed by atoms with Crippen LogP contribution in [-0.2, 0) is 4.79 Å². The molecule has 2 aromatic rings. The van der Waals surface area contributed by atoms with Gasteiger partial charge < -0.3 is 10.2 Å². The fraction of sp³-hybridized carbons (Fsp3) is 0.333. The van der Waals surface area contributed by atoms with Crippen molar-refractivity contribution in [1.29, 1.82) is 0 Å². The van der Waals surface area contributed by atoms with Crippen LogP contribution >= 0.6 is 0 Å². The van der Waals surface area contributed by atoms with Crippen molar-refractivity contribution in [2.45, 2.75) is 19.3 Å². The van der Waals surface area contributed by atoms with E-state index < -0.39 is 5.82 Å². The molecule has 1 N–H and O–H groups in total. The Balaban J connectivity index is 1.34. The van der Waals surface area contributed by atoms with E-state index in [4.69, 9.17) is 0 Å². The third kappa shape index (κ3) is 3.21. The van der Waals surface area contributed by atoms with E-state index in [1.807, 2.05) is 30.3 Å². The summed E-state index contributed by atoms with van der Waals surface area (Å²) in [7, 11) is 0. The van der Waals surface area contributed by atoms with Crippen LogP contribution in [0.15, 0.2) is 54.6 Å². The van der Waals surface area contributed by atoms with Gasteiger partial charge in [0.05, 0.1) is 0 Å². The van der Waals surface area contributed by atoms with E-state index in [1.165, 1.54) is 12.1 Å². The van der Waals surface area contributed by atoms with Gasteiger partial charge >= 0.3 is 0 Å². The molecule has 2 fully saturated rings. The zero-order valence-corrected chi connectivity index (χ0v) is 14.5. The molecule has 1 aliphatic heterocycles. The molecule has 26 heavy (non-hydrogen) atoms. The highest BCUT2D eigenvalue weighted by Gasteiger charge is 2.58. The third-order valence-corrected chi connectivity index (χ3v) is 5.67. The normalized spacial score (nSPS) is 20.7. The van der Waals surface area contributed by atoms with E-state index in [2.05, 4.69) is 5.32 Å². The number of para-hydroxylation sites is 1. The quantitative estimate of drug-likeness (QED) is 0.915. The third-order valence-electron chi connectivity index (χ3n) is 5.67. The molecular formula is C21H21FN2O2. The Morgan fingerprint density at radius 2 is 1.77 bits per heavy atom. The maximum absolute atomic E-state index is 13.3. The Labute approximate surface area is 152 Å². The lowest BCUT2D eigenvalue weighted by Crippen LogP contribution is -2.40. The number of anilines is 1. The van der Waals surface area contributed by atoms with Crippen molar-refractivity contribution in [1.82, 2.24) is 4.90 Å². The minimum atomic E-state index is -0.399. The van der Waals surface area contributed by atoms with Crippen LogP contribution in [0.5, 0.6) is 0 Å². The van der Waals surface area contributed by atoms with E-state index in [9.17, 15) is 14.0 Å². The van der Waals surface area contributed by atoms with Crippen LogP contribution in [0.25, 0.3) is 0 Å². The highest BCUT2D eigenvalue weighted by atomic mass is 19.1. The summed E-state index contributed by atoms with van der Waals surface area (Å²) in [6.07, 6.45) is 2.52. The zero-order chi connectivity index (χ0) is 18.1. The van der Waals surface area contributed by atoms with Gasteiger partial charge in [-0.1, -0.05) is 24.3 Å². The lowest BCUT2D eigenvalue weighted by atomic mass is 9.90.